The van der Waals surface area contributed by atoms with Crippen LogP contribution in [0.2, 0.25) is 0 Å². The zero-order valence-corrected chi connectivity index (χ0v) is 12.1. The Hall–Kier alpha value is 0.210. The minimum Gasteiger partial charge on any atom is -0.362 e. The lowest BCUT2D eigenvalue weighted by atomic mass is 9.80. The molecule has 2 radical (unpaired) electrons. The maximum atomic E-state index is 12.3. The van der Waals surface area contributed by atoms with Gasteiger partial charge >= 0.3 is 0 Å². The summed E-state index contributed by atoms with van der Waals surface area (Å²) in [5, 5.41) is -0.460. The third kappa shape index (κ3) is 3.02. The fraction of sp³-hybridized carbons (Fsp3) is 0.786. The predicted octanol–water partition coefficient (Wildman–Crippen LogP) is 3.69. The van der Waals surface area contributed by atoms with E-state index in [4.69, 9.17) is 27.9 Å². The van der Waals surface area contributed by atoms with Crippen molar-refractivity contribution < 1.29 is 9.53 Å². The number of hydrogen-bond acceptors (Lipinski definition) is 2. The van der Waals surface area contributed by atoms with Crippen LogP contribution < -0.4 is 0 Å². The Bertz CT molecular complexity index is 290. The van der Waals surface area contributed by atoms with Crippen LogP contribution in [0.25, 0.3) is 0 Å². The first-order valence-electron chi connectivity index (χ1n) is 6.76. The van der Waals surface area contributed by atoms with Crippen molar-refractivity contribution in [1.29, 1.82) is 0 Å². The number of hydrogen-bond donors (Lipinski definition) is 0. The Labute approximate surface area is 119 Å². The number of rotatable bonds is 4. The summed E-state index contributed by atoms with van der Waals surface area (Å²) in [6, 6.07) is 0. The lowest BCUT2D eigenvalue weighted by molar-refractivity contribution is -0.152. The first kappa shape index (κ1) is 14.6. The number of ketones is 1. The molecule has 0 amide bonds. The molecule has 18 heavy (non-hydrogen) atoms. The zero-order valence-electron chi connectivity index (χ0n) is 10.5. The molecule has 0 spiro atoms. The van der Waals surface area contributed by atoms with Gasteiger partial charge in [0.1, 0.15) is 5.60 Å². The third-order valence-electron chi connectivity index (χ3n) is 3.84. The molecule has 2 rings (SSSR count). The van der Waals surface area contributed by atoms with Crippen LogP contribution in [-0.4, -0.2) is 28.7 Å². The van der Waals surface area contributed by atoms with Gasteiger partial charge in [0, 0.05) is 18.7 Å². The van der Waals surface area contributed by atoms with E-state index >= 15 is 0 Å². The summed E-state index contributed by atoms with van der Waals surface area (Å²) in [4.78, 5) is 12.3. The van der Waals surface area contributed by atoms with Crippen molar-refractivity contribution in [3.63, 3.8) is 0 Å². The first-order chi connectivity index (χ1) is 8.69. The van der Waals surface area contributed by atoms with Crippen molar-refractivity contribution in [2.75, 3.05) is 5.88 Å². The van der Waals surface area contributed by atoms with Crippen molar-refractivity contribution in [3.05, 3.63) is 12.8 Å². The number of carbonyl (C=O) groups excluding carboxylic acids is 1. The second-order valence-corrected chi connectivity index (χ2v) is 5.95. The summed E-state index contributed by atoms with van der Waals surface area (Å²) < 4.78 is 6.14. The highest BCUT2D eigenvalue weighted by molar-refractivity contribution is 6.30. The first-order valence-corrected chi connectivity index (χ1v) is 7.73. The van der Waals surface area contributed by atoms with E-state index in [0.29, 0.717) is 6.42 Å². The fourth-order valence-corrected chi connectivity index (χ4v) is 3.27. The Balaban J connectivity index is 2.10. The molecule has 0 aromatic rings. The molecule has 0 N–H and O–H groups in total. The standard InChI is InChI=1S/C14H20Cl2O2/c15-10-12(16)14(9-5-4-8-13(14)17)18-11-6-2-1-3-7-11/h1,9,11-12H,2-8,10H2. The molecule has 0 aromatic heterocycles. The lowest BCUT2D eigenvalue weighted by Gasteiger charge is -2.41. The summed E-state index contributed by atoms with van der Waals surface area (Å²) >= 11 is 12.2. The van der Waals surface area contributed by atoms with Crippen LogP contribution in [-0.2, 0) is 9.53 Å². The Morgan fingerprint density at radius 1 is 1.39 bits per heavy atom. The molecular weight excluding hydrogens is 271 g/mol. The van der Waals surface area contributed by atoms with Gasteiger partial charge in [-0.1, -0.05) is 0 Å². The largest absolute Gasteiger partial charge is 0.362 e. The summed E-state index contributed by atoms with van der Waals surface area (Å²) in [5.41, 5.74) is -0.941. The molecule has 2 unspecified atom stereocenters. The number of Topliss-reactive ketones (excluding diaryl/α,β-unsaturated/α-hetero) is 1. The van der Waals surface area contributed by atoms with E-state index < -0.39 is 11.0 Å². The highest BCUT2D eigenvalue weighted by Crippen LogP contribution is 2.37. The van der Waals surface area contributed by atoms with Crippen molar-refractivity contribution in [2.24, 2.45) is 0 Å². The molecule has 4 heteroatoms. The van der Waals surface area contributed by atoms with E-state index in [1.165, 1.54) is 0 Å². The van der Waals surface area contributed by atoms with E-state index in [1.807, 2.05) is 6.42 Å². The van der Waals surface area contributed by atoms with Gasteiger partial charge in [-0.2, -0.15) is 0 Å². The summed E-state index contributed by atoms with van der Waals surface area (Å²) in [5.74, 6) is 0.340. The van der Waals surface area contributed by atoms with Gasteiger partial charge in [-0.15, -0.1) is 23.2 Å². The van der Waals surface area contributed by atoms with Crippen molar-refractivity contribution in [3.8, 4) is 0 Å². The van der Waals surface area contributed by atoms with Gasteiger partial charge < -0.3 is 4.74 Å². The van der Waals surface area contributed by atoms with E-state index in [-0.39, 0.29) is 17.8 Å². The van der Waals surface area contributed by atoms with Crippen LogP contribution in [0, 0.1) is 12.8 Å². The summed E-state index contributed by atoms with van der Waals surface area (Å²) in [6.45, 7) is 0. The molecule has 0 saturated heterocycles. The molecule has 0 heterocycles. The smallest absolute Gasteiger partial charge is 0.166 e. The third-order valence-corrected chi connectivity index (χ3v) is 4.78. The molecule has 102 valence electrons. The normalized spacial score (nSPS) is 32.4. The maximum Gasteiger partial charge on any atom is 0.166 e. The molecular formula is C14H20Cl2O2. The van der Waals surface area contributed by atoms with Gasteiger partial charge in [0.05, 0.1) is 11.5 Å². The van der Waals surface area contributed by atoms with E-state index in [9.17, 15) is 4.79 Å². The second-order valence-electron chi connectivity index (χ2n) is 5.12. The minimum atomic E-state index is -0.941. The molecule has 2 atom stereocenters. The van der Waals surface area contributed by atoms with Crippen LogP contribution in [0.4, 0.5) is 0 Å². The molecule has 0 bridgehead atoms. The SMILES string of the molecule is O=C1CCC[CH]C1(OC1CC[CH]CC1)C(Cl)CCl. The fourth-order valence-electron chi connectivity index (χ4n) is 2.78. The van der Waals surface area contributed by atoms with Crippen LogP contribution >= 0.6 is 23.2 Å². The van der Waals surface area contributed by atoms with E-state index in [0.717, 1.165) is 38.5 Å². The zero-order chi connectivity index (χ0) is 13.0. The highest BCUT2D eigenvalue weighted by atomic mass is 35.5. The van der Waals surface area contributed by atoms with Gasteiger partial charge in [0.15, 0.2) is 5.78 Å². The van der Waals surface area contributed by atoms with Crippen LogP contribution in [0.15, 0.2) is 0 Å². The minimum absolute atomic E-state index is 0.101. The summed E-state index contributed by atoms with van der Waals surface area (Å²) in [7, 11) is 0. The molecule has 0 aliphatic heterocycles. The topological polar surface area (TPSA) is 26.3 Å². The molecule has 2 aliphatic rings. The highest BCUT2D eigenvalue weighted by Gasteiger charge is 2.48. The second kappa shape index (κ2) is 6.58. The predicted molar refractivity (Wildman–Crippen MR) is 73.9 cm³/mol. The van der Waals surface area contributed by atoms with Gasteiger partial charge in [-0.3, -0.25) is 4.79 Å². The van der Waals surface area contributed by atoms with Gasteiger partial charge in [-0.25, -0.2) is 0 Å². The molecule has 2 fully saturated rings. The number of halogens is 2. The number of alkyl halides is 2. The Kier molecular flexibility index (Phi) is 5.35. The van der Waals surface area contributed by atoms with Crippen LogP contribution in [0.3, 0.4) is 0 Å². The Morgan fingerprint density at radius 2 is 2.11 bits per heavy atom. The van der Waals surface area contributed by atoms with Crippen molar-refractivity contribution in [2.45, 2.75) is 62.0 Å². The number of ether oxygens (including phenoxy) is 1. The van der Waals surface area contributed by atoms with Gasteiger partial charge in [-0.05, 0) is 44.9 Å². The van der Waals surface area contributed by atoms with E-state index in [2.05, 4.69) is 6.42 Å². The van der Waals surface area contributed by atoms with Crippen molar-refractivity contribution >= 4 is 29.0 Å². The number of carbonyl (C=O) groups is 1. The van der Waals surface area contributed by atoms with Crippen LogP contribution in [0.5, 0.6) is 0 Å². The average Bonchev–Trinajstić information content (AvgIpc) is 2.41. The molecule has 2 aliphatic carbocycles. The van der Waals surface area contributed by atoms with Crippen molar-refractivity contribution in [1.82, 2.24) is 0 Å². The lowest BCUT2D eigenvalue weighted by Crippen LogP contribution is -2.54. The monoisotopic (exact) mass is 290 g/mol. The van der Waals surface area contributed by atoms with Crippen LogP contribution in [0.1, 0.15) is 44.9 Å². The van der Waals surface area contributed by atoms with E-state index in [1.54, 1.807) is 0 Å². The quantitative estimate of drug-likeness (QED) is 0.738. The Morgan fingerprint density at radius 3 is 2.72 bits per heavy atom. The molecule has 2 saturated carbocycles. The average molecular weight is 291 g/mol. The summed E-state index contributed by atoms with van der Waals surface area (Å²) in [6.07, 6.45) is 10.8. The van der Waals surface area contributed by atoms with Gasteiger partial charge in [0.2, 0.25) is 0 Å². The maximum absolute atomic E-state index is 12.3. The van der Waals surface area contributed by atoms with Gasteiger partial charge in [0.25, 0.3) is 0 Å². The molecule has 0 aromatic carbocycles. The molecule has 2 nitrogen and oxygen atoms in total.